The molecule has 0 bridgehead atoms. The number of alkyl carbamates (subject to hydrolysis) is 1. The number of oxazole rings is 1. The molecule has 2 N–H and O–H groups in total. The van der Waals surface area contributed by atoms with Crippen molar-refractivity contribution in [1.29, 1.82) is 0 Å². The number of hydrogen-bond donors (Lipinski definition) is 2. The van der Waals surface area contributed by atoms with Crippen LogP contribution in [-0.2, 0) is 9.47 Å². The summed E-state index contributed by atoms with van der Waals surface area (Å²) in [5.41, 5.74) is -1.39. The molecule has 0 spiro atoms. The van der Waals surface area contributed by atoms with E-state index in [0.717, 1.165) is 77.1 Å². The number of unbranched alkanes of at least 4 members (excludes halogenated alkanes) is 2. The van der Waals surface area contributed by atoms with Crippen molar-refractivity contribution in [3.05, 3.63) is 42.2 Å². The van der Waals surface area contributed by atoms with Gasteiger partial charge in [-0.05, 0) is 130 Å². The van der Waals surface area contributed by atoms with E-state index in [2.05, 4.69) is 37.6 Å². The van der Waals surface area contributed by atoms with Gasteiger partial charge in [-0.1, -0.05) is 6.42 Å². The highest BCUT2D eigenvalue weighted by atomic mass is 19.3. The Kier molecular flexibility index (Phi) is 14.1. The Bertz CT molecular complexity index is 1770. The van der Waals surface area contributed by atoms with Gasteiger partial charge in [0.2, 0.25) is 5.89 Å². The average molecular weight is 785 g/mol. The molecule has 2 aliphatic rings. The second-order valence-electron chi connectivity index (χ2n) is 17.1. The highest BCUT2D eigenvalue weighted by Gasteiger charge is 2.32. The van der Waals surface area contributed by atoms with Gasteiger partial charge in [-0.3, -0.25) is 14.4 Å². The van der Waals surface area contributed by atoms with Crippen LogP contribution in [0.5, 0.6) is 0 Å². The summed E-state index contributed by atoms with van der Waals surface area (Å²) in [4.78, 5) is 50.7. The summed E-state index contributed by atoms with van der Waals surface area (Å²) >= 11 is 0. The van der Waals surface area contributed by atoms with E-state index in [4.69, 9.17) is 13.9 Å². The van der Waals surface area contributed by atoms with E-state index in [1.807, 2.05) is 20.8 Å². The predicted octanol–water partition coefficient (Wildman–Crippen LogP) is 8.63. The average Bonchev–Trinajstić information content (AvgIpc) is 3.61. The SMILES string of the molecule is CN(CCCCCNC(=O)OC(C)(C)C)C[C@H]1CC[C@H](n2cc(NC(=O)c3coc(-c4ccnc(N(CC5CC5)C(=O)OC(C)(C)C)c4)n3)c(C(F)F)n2)CC1. The minimum Gasteiger partial charge on any atom is -0.444 e. The van der Waals surface area contributed by atoms with Crippen molar-refractivity contribution in [2.45, 2.75) is 123 Å². The predicted molar refractivity (Wildman–Crippen MR) is 208 cm³/mol. The first-order valence-electron chi connectivity index (χ1n) is 19.7. The van der Waals surface area contributed by atoms with Crippen LogP contribution in [0.25, 0.3) is 11.5 Å². The number of pyridine rings is 1. The van der Waals surface area contributed by atoms with Crippen LogP contribution in [-0.4, -0.2) is 87.2 Å². The molecule has 0 aromatic carbocycles. The summed E-state index contributed by atoms with van der Waals surface area (Å²) in [6.07, 6.45) is 8.77. The van der Waals surface area contributed by atoms with E-state index in [1.54, 1.807) is 37.6 Å². The smallest absolute Gasteiger partial charge is 0.416 e. The van der Waals surface area contributed by atoms with Crippen LogP contribution in [0.15, 0.2) is 35.2 Å². The Morgan fingerprint density at radius 3 is 2.30 bits per heavy atom. The number of rotatable bonds is 16. The first-order valence-corrected chi connectivity index (χ1v) is 19.7. The van der Waals surface area contributed by atoms with E-state index < -0.39 is 35.3 Å². The van der Waals surface area contributed by atoms with Crippen molar-refractivity contribution < 1.29 is 37.1 Å². The molecular formula is C40H58F2N8O6. The molecule has 14 nitrogen and oxygen atoms in total. The number of anilines is 2. The molecule has 0 atom stereocenters. The van der Waals surface area contributed by atoms with Crippen LogP contribution in [0.2, 0.25) is 0 Å². The van der Waals surface area contributed by atoms with Gasteiger partial charge >= 0.3 is 12.2 Å². The fourth-order valence-corrected chi connectivity index (χ4v) is 6.70. The molecule has 3 aromatic rings. The maximum atomic E-state index is 14.2. The van der Waals surface area contributed by atoms with E-state index in [0.29, 0.717) is 36.3 Å². The van der Waals surface area contributed by atoms with Crippen LogP contribution >= 0.6 is 0 Å². The minimum absolute atomic E-state index is 0.0584. The van der Waals surface area contributed by atoms with Crippen LogP contribution in [0.3, 0.4) is 0 Å². The maximum Gasteiger partial charge on any atom is 0.416 e. The van der Waals surface area contributed by atoms with Gasteiger partial charge in [-0.25, -0.2) is 28.3 Å². The number of ether oxygens (including phenoxy) is 2. The Morgan fingerprint density at radius 2 is 1.64 bits per heavy atom. The van der Waals surface area contributed by atoms with Crippen LogP contribution in [0.1, 0.15) is 128 Å². The molecule has 0 saturated heterocycles. The largest absolute Gasteiger partial charge is 0.444 e. The molecule has 56 heavy (non-hydrogen) atoms. The molecule has 3 heterocycles. The van der Waals surface area contributed by atoms with Gasteiger partial charge in [0.15, 0.2) is 11.4 Å². The van der Waals surface area contributed by atoms with E-state index in [1.165, 1.54) is 17.3 Å². The van der Waals surface area contributed by atoms with E-state index in [-0.39, 0.29) is 29.4 Å². The quantitative estimate of drug-likeness (QED) is 0.135. The first kappa shape index (κ1) is 42.5. The summed E-state index contributed by atoms with van der Waals surface area (Å²) in [6.45, 7) is 13.9. The molecule has 16 heteroatoms. The molecule has 2 saturated carbocycles. The highest BCUT2D eigenvalue weighted by molar-refractivity contribution is 6.03. The van der Waals surface area contributed by atoms with Gasteiger partial charge < -0.3 is 29.4 Å². The van der Waals surface area contributed by atoms with Crippen molar-refractivity contribution in [1.82, 2.24) is 30.0 Å². The van der Waals surface area contributed by atoms with Crippen molar-refractivity contribution >= 4 is 29.6 Å². The number of nitrogens with zero attached hydrogens (tertiary/aromatic N) is 6. The Labute approximate surface area is 328 Å². The molecule has 0 unspecified atom stereocenters. The standard InChI is InChI=1S/C40H58F2N8O6/c1-39(2,3)55-37(52)44-18-9-8-10-20-48(7)22-26-13-15-29(16-14-26)50-24-30(33(47-50)34(41)42)45-35(51)31-25-54-36(46-31)28-17-19-43-32(21-28)49(23-27-11-12-27)38(53)56-40(4,5)6/h17,19,21,24-27,29,34H,8-16,18,20,22-23H2,1-7H3,(H,44,52)(H,45,51)/t26-,29-. The zero-order chi connectivity index (χ0) is 40.6. The number of carbonyl (C=O) groups excluding carboxylic acids is 3. The summed E-state index contributed by atoms with van der Waals surface area (Å²) < 4.78 is 46.4. The monoisotopic (exact) mass is 784 g/mol. The molecule has 3 amide bonds. The number of amides is 3. The van der Waals surface area contributed by atoms with Gasteiger partial charge in [0.05, 0.1) is 11.7 Å². The zero-order valence-corrected chi connectivity index (χ0v) is 33.8. The van der Waals surface area contributed by atoms with Crippen molar-refractivity contribution in [2.75, 3.05) is 43.4 Å². The molecule has 308 valence electrons. The van der Waals surface area contributed by atoms with Crippen LogP contribution in [0.4, 0.5) is 29.9 Å². The van der Waals surface area contributed by atoms with E-state index >= 15 is 0 Å². The molecule has 3 aromatic heterocycles. The lowest BCUT2D eigenvalue weighted by molar-refractivity contribution is 0.0524. The Balaban J connectivity index is 1.11. The second-order valence-corrected chi connectivity index (χ2v) is 17.1. The van der Waals surface area contributed by atoms with E-state index in [9.17, 15) is 23.2 Å². The van der Waals surface area contributed by atoms with Crippen molar-refractivity contribution in [3.8, 4) is 11.5 Å². The summed E-state index contributed by atoms with van der Waals surface area (Å²) in [6, 6.07) is 3.23. The lowest BCUT2D eigenvalue weighted by atomic mass is 9.86. The number of hydrogen-bond acceptors (Lipinski definition) is 10. The van der Waals surface area contributed by atoms with Crippen molar-refractivity contribution in [3.63, 3.8) is 0 Å². The minimum atomic E-state index is -2.89. The fourth-order valence-electron chi connectivity index (χ4n) is 6.70. The highest BCUT2D eigenvalue weighted by Crippen LogP contribution is 2.36. The fraction of sp³-hybridized carbons (Fsp3) is 0.650. The number of carbonyl (C=O) groups is 3. The molecule has 0 aliphatic heterocycles. The molecule has 2 fully saturated rings. The third-order valence-corrected chi connectivity index (χ3v) is 9.62. The molecule has 2 aliphatic carbocycles. The number of halogens is 2. The van der Waals surface area contributed by atoms with Crippen molar-refractivity contribution in [2.24, 2.45) is 11.8 Å². The summed E-state index contributed by atoms with van der Waals surface area (Å²) in [5, 5.41) is 9.58. The second kappa shape index (κ2) is 18.6. The maximum absolute atomic E-state index is 14.2. The zero-order valence-electron chi connectivity index (χ0n) is 33.8. The summed E-state index contributed by atoms with van der Waals surface area (Å²) in [7, 11) is 2.12. The number of alkyl halides is 2. The van der Waals surface area contributed by atoms with Gasteiger partial charge in [0.25, 0.3) is 12.3 Å². The third-order valence-electron chi connectivity index (χ3n) is 9.62. The topological polar surface area (TPSA) is 157 Å². The normalized spacial score (nSPS) is 17.6. The van der Waals surface area contributed by atoms with Gasteiger partial charge in [-0.2, -0.15) is 5.10 Å². The molecule has 5 rings (SSSR count). The van der Waals surface area contributed by atoms with Crippen LogP contribution in [0, 0.1) is 11.8 Å². The third kappa shape index (κ3) is 13.0. The summed E-state index contributed by atoms with van der Waals surface area (Å²) in [5.74, 6) is 0.608. The van der Waals surface area contributed by atoms with Gasteiger partial charge in [-0.15, -0.1) is 0 Å². The number of nitrogens with one attached hydrogen (secondary N) is 2. The Morgan fingerprint density at radius 1 is 0.964 bits per heavy atom. The van der Waals surface area contributed by atoms with Crippen LogP contribution < -0.4 is 15.5 Å². The first-order chi connectivity index (χ1) is 26.4. The lowest BCUT2D eigenvalue weighted by Crippen LogP contribution is -2.38. The number of aromatic nitrogens is 4. The van der Waals surface area contributed by atoms with Gasteiger partial charge in [0.1, 0.15) is 23.3 Å². The molecular weight excluding hydrogens is 726 g/mol. The Hall–Kier alpha value is -4.60. The molecule has 0 radical (unpaired) electrons. The lowest BCUT2D eigenvalue weighted by Gasteiger charge is -2.31. The van der Waals surface area contributed by atoms with Gasteiger partial charge in [0, 0.05) is 37.6 Å².